The quantitative estimate of drug-likeness (QED) is 0.210. The highest BCUT2D eigenvalue weighted by Gasteiger charge is 2.46. The Bertz CT molecular complexity index is 2190. The Morgan fingerprint density at radius 1 is 1.02 bits per heavy atom. The number of aromatic nitrogens is 4. The van der Waals surface area contributed by atoms with Gasteiger partial charge >= 0.3 is 0 Å². The molecule has 1 aliphatic carbocycles. The second-order valence-corrected chi connectivity index (χ2v) is 13.6. The van der Waals surface area contributed by atoms with Crippen LogP contribution < -0.4 is 20.9 Å². The topological polar surface area (TPSA) is 114 Å². The van der Waals surface area contributed by atoms with Gasteiger partial charge in [-0.2, -0.15) is 5.10 Å². The number of anilines is 2. The number of pyridine rings is 2. The smallest absolute Gasteiger partial charge is 0.278 e. The summed E-state index contributed by atoms with van der Waals surface area (Å²) in [5.41, 5.74) is 5.51. The van der Waals surface area contributed by atoms with Crippen LogP contribution in [-0.2, 0) is 18.3 Å². The van der Waals surface area contributed by atoms with E-state index in [1.54, 1.807) is 32.6 Å². The Morgan fingerprint density at radius 3 is 2.60 bits per heavy atom. The molecule has 12 heteroatoms. The SMILES string of the molecule is COc1nc(-c2cccc(-c3cccc(Nc4nccc5cnn(C)c(=O)c45)c3Cl)c2Cl)cc2c1C(N1CCC3(CCC(=O)N3)C1)CC2. The van der Waals surface area contributed by atoms with Crippen molar-refractivity contribution in [2.75, 3.05) is 25.5 Å². The molecule has 2 atom stereocenters. The number of carbonyl (C=O) groups excluding carboxylic acids is 1. The maximum atomic E-state index is 12.9. The third-order valence-corrected chi connectivity index (χ3v) is 10.9. The van der Waals surface area contributed by atoms with Gasteiger partial charge in [0, 0.05) is 66.4 Å². The van der Waals surface area contributed by atoms with E-state index in [2.05, 4.69) is 31.7 Å². The summed E-state index contributed by atoms with van der Waals surface area (Å²) in [6.45, 7) is 1.78. The van der Waals surface area contributed by atoms with Crippen LogP contribution in [0.25, 0.3) is 33.2 Å². The first-order valence-electron chi connectivity index (χ1n) is 16.0. The van der Waals surface area contributed by atoms with Gasteiger partial charge in [-0.05, 0) is 49.4 Å². The summed E-state index contributed by atoms with van der Waals surface area (Å²) in [7, 11) is 3.27. The van der Waals surface area contributed by atoms with Crippen LogP contribution in [0.4, 0.5) is 11.5 Å². The van der Waals surface area contributed by atoms with Crippen molar-refractivity contribution in [2.45, 2.75) is 43.7 Å². The van der Waals surface area contributed by atoms with Crippen LogP contribution in [0.15, 0.2) is 65.7 Å². The average Bonchev–Trinajstić information content (AvgIpc) is 3.81. The molecule has 0 saturated carbocycles. The van der Waals surface area contributed by atoms with Gasteiger partial charge in [-0.1, -0.05) is 53.5 Å². The number of hydrogen-bond acceptors (Lipinski definition) is 8. The Balaban J connectivity index is 1.12. The van der Waals surface area contributed by atoms with Crippen LogP contribution >= 0.6 is 23.2 Å². The highest BCUT2D eigenvalue weighted by Crippen LogP contribution is 2.47. The molecular weight excluding hydrogens is 649 g/mol. The van der Waals surface area contributed by atoms with Gasteiger partial charge in [0.15, 0.2) is 0 Å². The van der Waals surface area contributed by atoms with Gasteiger partial charge in [-0.3, -0.25) is 14.5 Å². The highest BCUT2D eigenvalue weighted by molar-refractivity contribution is 6.39. The number of halogens is 2. The molecule has 244 valence electrons. The molecule has 2 fully saturated rings. The fraction of sp³-hybridized carbons (Fsp3) is 0.306. The lowest BCUT2D eigenvalue weighted by Crippen LogP contribution is -2.44. The maximum absolute atomic E-state index is 12.9. The van der Waals surface area contributed by atoms with Crippen molar-refractivity contribution in [3.63, 3.8) is 0 Å². The molecule has 2 saturated heterocycles. The van der Waals surface area contributed by atoms with E-state index in [0.717, 1.165) is 66.7 Å². The molecule has 2 N–H and O–H groups in total. The lowest BCUT2D eigenvalue weighted by Gasteiger charge is -2.28. The first-order chi connectivity index (χ1) is 23.2. The molecule has 3 aliphatic rings. The average molecular weight is 683 g/mol. The summed E-state index contributed by atoms with van der Waals surface area (Å²) in [5.74, 6) is 1.15. The number of fused-ring (bicyclic) bond motifs is 2. The van der Waals surface area contributed by atoms with Crippen molar-refractivity contribution in [3.05, 3.63) is 92.5 Å². The minimum absolute atomic E-state index is 0.109. The van der Waals surface area contributed by atoms with Crippen molar-refractivity contribution in [2.24, 2.45) is 7.05 Å². The molecule has 2 aromatic carbocycles. The van der Waals surface area contributed by atoms with Crippen molar-refractivity contribution >= 4 is 51.4 Å². The Morgan fingerprint density at radius 2 is 1.81 bits per heavy atom. The predicted octanol–water partition coefficient (Wildman–Crippen LogP) is 6.46. The number of nitrogens with one attached hydrogen (secondary N) is 2. The number of benzene rings is 2. The van der Waals surface area contributed by atoms with Crippen LogP contribution in [0.2, 0.25) is 10.0 Å². The van der Waals surface area contributed by atoms with Crippen LogP contribution in [0.5, 0.6) is 5.88 Å². The van der Waals surface area contributed by atoms with Crippen LogP contribution in [0.1, 0.15) is 42.9 Å². The van der Waals surface area contributed by atoms with Gasteiger partial charge in [0.05, 0.1) is 45.7 Å². The summed E-state index contributed by atoms with van der Waals surface area (Å²) in [6, 6.07) is 15.5. The highest BCUT2D eigenvalue weighted by atomic mass is 35.5. The zero-order valence-corrected chi connectivity index (χ0v) is 28.0. The van der Waals surface area contributed by atoms with Gasteiger partial charge in [0.25, 0.3) is 5.56 Å². The molecule has 8 rings (SSSR count). The lowest BCUT2D eigenvalue weighted by atomic mass is 9.97. The van der Waals surface area contributed by atoms with E-state index >= 15 is 0 Å². The normalized spacial score (nSPS) is 20.4. The van der Waals surface area contributed by atoms with E-state index in [4.69, 9.17) is 32.9 Å². The number of amides is 1. The summed E-state index contributed by atoms with van der Waals surface area (Å²) in [5, 5.41) is 12.7. The van der Waals surface area contributed by atoms with Gasteiger partial charge in [-0.25, -0.2) is 14.6 Å². The van der Waals surface area contributed by atoms with E-state index < -0.39 is 0 Å². The van der Waals surface area contributed by atoms with E-state index in [1.807, 2.05) is 36.4 Å². The zero-order chi connectivity index (χ0) is 33.2. The fourth-order valence-electron chi connectivity index (χ4n) is 7.66. The Kier molecular flexibility index (Phi) is 7.62. The number of rotatable bonds is 6. The van der Waals surface area contributed by atoms with E-state index in [0.29, 0.717) is 44.6 Å². The molecule has 2 unspecified atom stereocenters. The fourth-order valence-corrected chi connectivity index (χ4v) is 8.26. The van der Waals surface area contributed by atoms with Crippen molar-refractivity contribution in [1.29, 1.82) is 0 Å². The standard InChI is InChI=1S/C36H33Cl2N7O3/c1-44-35(47)30-21(18-40-44)12-15-39-33(30)41-25-8-4-6-23(32(25)38)22-5-3-7-24(31(22)37)26-17-20-9-10-27(29(20)34(42-26)48-2)45-16-14-36(19-45)13-11-28(46)43-36/h3-8,12,15,17-18,27H,9-11,13-14,16,19H2,1-2H3,(H,39,41)(H,43,46). The second kappa shape index (κ2) is 11.9. The molecule has 0 bridgehead atoms. The van der Waals surface area contributed by atoms with E-state index in [1.165, 1.54) is 10.2 Å². The summed E-state index contributed by atoms with van der Waals surface area (Å²) >= 11 is 14.2. The molecule has 10 nitrogen and oxygen atoms in total. The number of nitrogens with zero attached hydrogens (tertiary/aromatic N) is 5. The van der Waals surface area contributed by atoms with Crippen molar-refractivity contribution < 1.29 is 9.53 Å². The number of hydrogen-bond donors (Lipinski definition) is 2. The Labute approximate surface area is 287 Å². The third-order valence-electron chi connectivity index (χ3n) is 10.1. The zero-order valence-electron chi connectivity index (χ0n) is 26.5. The van der Waals surface area contributed by atoms with Crippen LogP contribution in [0, 0.1) is 0 Å². The van der Waals surface area contributed by atoms with Gasteiger partial charge in [0.1, 0.15) is 5.82 Å². The molecule has 48 heavy (non-hydrogen) atoms. The minimum Gasteiger partial charge on any atom is -0.481 e. The largest absolute Gasteiger partial charge is 0.481 e. The first kappa shape index (κ1) is 30.8. The van der Waals surface area contributed by atoms with Crippen molar-refractivity contribution in [1.82, 2.24) is 30.0 Å². The van der Waals surface area contributed by atoms with Gasteiger partial charge in [0.2, 0.25) is 11.8 Å². The molecule has 1 amide bonds. The molecule has 0 radical (unpaired) electrons. The number of likely N-dealkylation sites (tertiary alicyclic amines) is 1. The van der Waals surface area contributed by atoms with Crippen molar-refractivity contribution in [3.8, 4) is 28.3 Å². The molecular formula is C36H33Cl2N7O3. The number of aryl methyl sites for hydroxylation is 2. The number of ether oxygens (including phenoxy) is 1. The van der Waals surface area contributed by atoms with Gasteiger partial charge < -0.3 is 15.4 Å². The summed E-state index contributed by atoms with van der Waals surface area (Å²) < 4.78 is 7.20. The molecule has 3 aromatic heterocycles. The molecule has 1 spiro atoms. The minimum atomic E-state index is -0.263. The van der Waals surface area contributed by atoms with Crippen LogP contribution in [-0.4, -0.2) is 56.3 Å². The van der Waals surface area contributed by atoms with Crippen LogP contribution in [0.3, 0.4) is 0 Å². The van der Waals surface area contributed by atoms with E-state index in [-0.39, 0.29) is 23.0 Å². The van der Waals surface area contributed by atoms with Gasteiger partial charge in [-0.15, -0.1) is 0 Å². The number of carbonyl (C=O) groups is 1. The lowest BCUT2D eigenvalue weighted by molar-refractivity contribution is -0.119. The summed E-state index contributed by atoms with van der Waals surface area (Å²) in [6.07, 6.45) is 7.60. The molecule has 2 aliphatic heterocycles. The van der Waals surface area contributed by atoms with E-state index in [9.17, 15) is 9.59 Å². The predicted molar refractivity (Wildman–Crippen MR) is 187 cm³/mol. The Hall–Kier alpha value is -4.51. The maximum Gasteiger partial charge on any atom is 0.278 e. The molecule has 5 heterocycles. The first-order valence-corrected chi connectivity index (χ1v) is 16.8. The number of methoxy groups -OCH3 is 1. The molecule has 5 aromatic rings. The second-order valence-electron chi connectivity index (χ2n) is 12.8. The summed E-state index contributed by atoms with van der Waals surface area (Å²) in [4.78, 5) is 36.9. The third kappa shape index (κ3) is 5.10. The monoisotopic (exact) mass is 681 g/mol.